The molecule has 1 aromatic carbocycles. The van der Waals surface area contributed by atoms with Crippen LogP contribution in [-0.2, 0) is 0 Å². The molecule has 0 aliphatic carbocycles. The van der Waals surface area contributed by atoms with E-state index in [0.29, 0.717) is 10.6 Å². The molecule has 0 fully saturated rings. The third-order valence-corrected chi connectivity index (χ3v) is 2.50. The van der Waals surface area contributed by atoms with Gasteiger partial charge in [0.05, 0.1) is 11.6 Å². The van der Waals surface area contributed by atoms with E-state index in [1.165, 1.54) is 0 Å². The average Bonchev–Trinajstić information content (AvgIpc) is 2.21. The largest absolute Gasteiger partial charge is 0.192 e. The molecule has 0 spiro atoms. The van der Waals surface area contributed by atoms with E-state index in [-0.39, 0.29) is 0 Å². The van der Waals surface area contributed by atoms with Gasteiger partial charge < -0.3 is 0 Å². The molecule has 72 valence electrons. The first-order chi connectivity index (χ1) is 6.77. The van der Waals surface area contributed by atoms with E-state index >= 15 is 0 Å². The van der Waals surface area contributed by atoms with Gasteiger partial charge in [-0.3, -0.25) is 0 Å². The molecule has 0 radical (unpaired) electrons. The van der Waals surface area contributed by atoms with Crippen LogP contribution in [0.3, 0.4) is 0 Å². The molecule has 0 aromatic heterocycles. The Hall–Kier alpha value is -0.780. The summed E-state index contributed by atoms with van der Waals surface area (Å²) in [5, 5.41) is 10.3. The van der Waals surface area contributed by atoms with E-state index in [2.05, 4.69) is 22.0 Å². The van der Waals surface area contributed by atoms with E-state index in [0.717, 1.165) is 17.3 Å². The number of rotatable bonds is 3. The number of nitrogens with zero attached hydrogens (tertiary/aromatic N) is 1. The molecule has 0 bridgehead atoms. The highest BCUT2D eigenvalue weighted by molar-refractivity contribution is 9.09. The second kappa shape index (κ2) is 5.85. The van der Waals surface area contributed by atoms with Crippen molar-refractivity contribution in [3.8, 4) is 6.07 Å². The Bertz CT molecular complexity index is 379. The maximum Gasteiger partial charge on any atom is 0.0991 e. The lowest BCUT2D eigenvalue weighted by Crippen LogP contribution is -1.79. The molecule has 1 rings (SSSR count). The Balaban J connectivity index is 2.90. The minimum atomic E-state index is 0.632. The third kappa shape index (κ3) is 3.17. The van der Waals surface area contributed by atoms with Gasteiger partial charge in [-0.2, -0.15) is 5.26 Å². The summed E-state index contributed by atoms with van der Waals surface area (Å²) in [6.07, 6.45) is 4.91. The van der Waals surface area contributed by atoms with Gasteiger partial charge in [0.25, 0.3) is 0 Å². The fourth-order valence-electron chi connectivity index (χ4n) is 1.01. The highest BCUT2D eigenvalue weighted by atomic mass is 79.9. The summed E-state index contributed by atoms with van der Waals surface area (Å²) in [4.78, 5) is 0. The molecule has 0 unspecified atom stereocenters. The van der Waals surface area contributed by atoms with Crippen LogP contribution in [0.4, 0.5) is 0 Å². The predicted molar refractivity (Wildman–Crippen MR) is 63.6 cm³/mol. The molecule has 0 heterocycles. The lowest BCUT2D eigenvalue weighted by molar-refractivity contribution is 1.27. The molecule has 0 N–H and O–H groups in total. The highest BCUT2D eigenvalue weighted by Crippen LogP contribution is 2.19. The summed E-state index contributed by atoms with van der Waals surface area (Å²) in [6.45, 7) is 0. The van der Waals surface area contributed by atoms with Crippen LogP contribution in [0.1, 0.15) is 17.5 Å². The SMILES string of the molecule is N#Cc1ccc(Cl)c(C=CCCBr)c1. The first-order valence-electron chi connectivity index (χ1n) is 4.20. The van der Waals surface area contributed by atoms with Gasteiger partial charge in [-0.1, -0.05) is 39.7 Å². The maximum atomic E-state index is 8.70. The van der Waals surface area contributed by atoms with Crippen molar-refractivity contribution in [3.05, 3.63) is 40.4 Å². The van der Waals surface area contributed by atoms with Crippen molar-refractivity contribution < 1.29 is 0 Å². The van der Waals surface area contributed by atoms with E-state index in [1.54, 1.807) is 18.2 Å². The molecule has 1 aromatic rings. The van der Waals surface area contributed by atoms with Crippen LogP contribution >= 0.6 is 27.5 Å². The van der Waals surface area contributed by atoms with E-state index < -0.39 is 0 Å². The van der Waals surface area contributed by atoms with Crippen LogP contribution in [0.5, 0.6) is 0 Å². The number of nitriles is 1. The van der Waals surface area contributed by atoms with Gasteiger partial charge in [0.2, 0.25) is 0 Å². The van der Waals surface area contributed by atoms with Crippen molar-refractivity contribution in [3.63, 3.8) is 0 Å². The molecule has 0 aliphatic rings. The van der Waals surface area contributed by atoms with Gasteiger partial charge in [-0.25, -0.2) is 0 Å². The molecular formula is C11H9BrClN. The van der Waals surface area contributed by atoms with Gasteiger partial charge in [0.1, 0.15) is 0 Å². The first-order valence-corrected chi connectivity index (χ1v) is 5.70. The zero-order chi connectivity index (χ0) is 10.4. The van der Waals surface area contributed by atoms with Crippen molar-refractivity contribution in [2.45, 2.75) is 6.42 Å². The molecular weight excluding hydrogens is 261 g/mol. The summed E-state index contributed by atoms with van der Waals surface area (Å²) in [6, 6.07) is 7.32. The van der Waals surface area contributed by atoms with Crippen LogP contribution in [0.25, 0.3) is 6.08 Å². The summed E-state index contributed by atoms with van der Waals surface area (Å²) in [5.41, 5.74) is 1.53. The summed E-state index contributed by atoms with van der Waals surface area (Å²) in [5.74, 6) is 0. The van der Waals surface area contributed by atoms with Gasteiger partial charge >= 0.3 is 0 Å². The van der Waals surface area contributed by atoms with Gasteiger partial charge in [0.15, 0.2) is 0 Å². The molecule has 0 amide bonds. The standard InChI is InChI=1S/C11H9BrClN/c12-6-2-1-3-10-7-9(8-14)4-5-11(10)13/h1,3-5,7H,2,6H2. The van der Waals surface area contributed by atoms with Crippen molar-refractivity contribution in [2.75, 3.05) is 5.33 Å². The second-order valence-corrected chi connectivity index (χ2v) is 3.93. The average molecular weight is 271 g/mol. The lowest BCUT2D eigenvalue weighted by atomic mass is 10.1. The first kappa shape index (κ1) is 11.3. The summed E-state index contributed by atoms with van der Waals surface area (Å²) >= 11 is 9.29. The minimum absolute atomic E-state index is 0.632. The van der Waals surface area contributed by atoms with Gasteiger partial charge in [-0.15, -0.1) is 0 Å². The second-order valence-electron chi connectivity index (χ2n) is 2.73. The fraction of sp³-hybridized carbons (Fsp3) is 0.182. The predicted octanol–water partition coefficient (Wildman–Crippen LogP) is 4.01. The Morgan fingerprint density at radius 1 is 1.50 bits per heavy atom. The lowest BCUT2D eigenvalue weighted by Gasteiger charge is -1.97. The monoisotopic (exact) mass is 269 g/mol. The van der Waals surface area contributed by atoms with Crippen molar-refractivity contribution in [2.24, 2.45) is 0 Å². The van der Waals surface area contributed by atoms with Gasteiger partial charge in [-0.05, 0) is 30.2 Å². The van der Waals surface area contributed by atoms with Crippen molar-refractivity contribution >= 4 is 33.6 Å². The van der Waals surface area contributed by atoms with E-state index in [9.17, 15) is 0 Å². The Kier molecular flexibility index (Phi) is 4.72. The molecule has 1 nitrogen and oxygen atoms in total. The normalized spacial score (nSPS) is 10.4. The molecule has 0 atom stereocenters. The Morgan fingerprint density at radius 2 is 2.29 bits per heavy atom. The zero-order valence-corrected chi connectivity index (χ0v) is 9.85. The molecule has 0 aliphatic heterocycles. The van der Waals surface area contributed by atoms with Crippen LogP contribution in [0.2, 0.25) is 5.02 Å². The van der Waals surface area contributed by atoms with Crippen LogP contribution in [-0.4, -0.2) is 5.33 Å². The fourth-order valence-corrected chi connectivity index (χ4v) is 1.46. The number of benzene rings is 1. The molecule has 3 heteroatoms. The van der Waals surface area contributed by atoms with Gasteiger partial charge in [0, 0.05) is 10.4 Å². The third-order valence-electron chi connectivity index (χ3n) is 1.70. The number of allylic oxidation sites excluding steroid dienone is 1. The number of hydrogen-bond acceptors (Lipinski definition) is 1. The Labute approximate surface area is 97.1 Å². The quantitative estimate of drug-likeness (QED) is 0.761. The molecule has 14 heavy (non-hydrogen) atoms. The van der Waals surface area contributed by atoms with E-state index in [1.807, 2.05) is 12.2 Å². The Morgan fingerprint density at radius 3 is 2.93 bits per heavy atom. The maximum absolute atomic E-state index is 8.70. The number of hydrogen-bond donors (Lipinski definition) is 0. The zero-order valence-electron chi connectivity index (χ0n) is 7.50. The highest BCUT2D eigenvalue weighted by Gasteiger charge is 1.97. The van der Waals surface area contributed by atoms with Crippen LogP contribution < -0.4 is 0 Å². The van der Waals surface area contributed by atoms with E-state index in [4.69, 9.17) is 16.9 Å². The van der Waals surface area contributed by atoms with Crippen LogP contribution in [0, 0.1) is 11.3 Å². The molecule has 0 saturated carbocycles. The van der Waals surface area contributed by atoms with Crippen LogP contribution in [0.15, 0.2) is 24.3 Å². The topological polar surface area (TPSA) is 23.8 Å². The smallest absolute Gasteiger partial charge is 0.0991 e. The van der Waals surface area contributed by atoms with Crippen molar-refractivity contribution in [1.82, 2.24) is 0 Å². The molecule has 0 saturated heterocycles. The minimum Gasteiger partial charge on any atom is -0.192 e. The number of alkyl halides is 1. The number of halogens is 2. The summed E-state index contributed by atoms with van der Waals surface area (Å²) < 4.78 is 0. The van der Waals surface area contributed by atoms with Crippen molar-refractivity contribution in [1.29, 1.82) is 5.26 Å². The summed E-state index contributed by atoms with van der Waals surface area (Å²) in [7, 11) is 0.